The Bertz CT molecular complexity index is 299. The van der Waals surface area contributed by atoms with Gasteiger partial charge in [-0.2, -0.15) is 0 Å². The molecule has 4 bridgehead atoms. The molecule has 19 heavy (non-hydrogen) atoms. The summed E-state index contributed by atoms with van der Waals surface area (Å²) in [5.41, 5.74) is 0. The van der Waals surface area contributed by atoms with E-state index in [1.54, 1.807) is 32.1 Å². The Morgan fingerprint density at radius 2 is 1.63 bits per heavy atom. The first kappa shape index (κ1) is 12.6. The number of nitrogens with zero attached hydrogens (tertiary/aromatic N) is 1. The van der Waals surface area contributed by atoms with Crippen molar-refractivity contribution in [3.05, 3.63) is 0 Å². The molecule has 1 atom stereocenters. The Morgan fingerprint density at radius 3 is 2.21 bits per heavy atom. The molecule has 108 valence electrons. The third-order valence-electron chi connectivity index (χ3n) is 6.72. The van der Waals surface area contributed by atoms with Crippen LogP contribution in [-0.4, -0.2) is 38.1 Å². The standard InChI is InChI=1S/C17H30N2/c1-19-3-2-12(11-19)9-18-10-17-15-5-13-4-14(7-15)8-16(17)6-13/h12-18H,2-11H2,1H3. The second-order valence-electron chi connectivity index (χ2n) is 8.17. The zero-order valence-corrected chi connectivity index (χ0v) is 12.5. The van der Waals surface area contributed by atoms with Gasteiger partial charge < -0.3 is 10.2 Å². The minimum atomic E-state index is 0.918. The lowest BCUT2D eigenvalue weighted by Crippen LogP contribution is -2.48. The molecule has 5 aliphatic rings. The third kappa shape index (κ3) is 2.47. The molecule has 0 aromatic carbocycles. The lowest BCUT2D eigenvalue weighted by molar-refractivity contribution is -0.0356. The highest BCUT2D eigenvalue weighted by Gasteiger charge is 2.47. The van der Waals surface area contributed by atoms with Gasteiger partial charge in [-0.3, -0.25) is 0 Å². The van der Waals surface area contributed by atoms with E-state index in [0.29, 0.717) is 0 Å². The van der Waals surface area contributed by atoms with E-state index in [9.17, 15) is 0 Å². The summed E-state index contributed by atoms with van der Waals surface area (Å²) in [6.45, 7) is 5.22. The van der Waals surface area contributed by atoms with Gasteiger partial charge in [0, 0.05) is 6.54 Å². The van der Waals surface area contributed by atoms with Crippen LogP contribution in [0.3, 0.4) is 0 Å². The van der Waals surface area contributed by atoms with Crippen LogP contribution < -0.4 is 5.32 Å². The van der Waals surface area contributed by atoms with Crippen LogP contribution in [0.25, 0.3) is 0 Å². The van der Waals surface area contributed by atoms with Crippen LogP contribution in [0.4, 0.5) is 0 Å². The lowest BCUT2D eigenvalue weighted by Gasteiger charge is -2.54. The predicted molar refractivity (Wildman–Crippen MR) is 79.0 cm³/mol. The van der Waals surface area contributed by atoms with Crippen molar-refractivity contribution >= 4 is 0 Å². The first-order valence-electron chi connectivity index (χ1n) is 8.67. The van der Waals surface area contributed by atoms with Crippen molar-refractivity contribution in [2.24, 2.45) is 35.5 Å². The first-order chi connectivity index (χ1) is 9.28. The molecular formula is C17H30N2. The molecular weight excluding hydrogens is 232 g/mol. The van der Waals surface area contributed by atoms with Crippen molar-refractivity contribution in [2.75, 3.05) is 33.2 Å². The van der Waals surface area contributed by atoms with Gasteiger partial charge in [-0.1, -0.05) is 0 Å². The predicted octanol–water partition coefficient (Wildman–Crippen LogP) is 2.60. The molecule has 0 aromatic rings. The Balaban J connectivity index is 1.27. The third-order valence-corrected chi connectivity index (χ3v) is 6.72. The molecule has 0 aromatic heterocycles. The molecule has 1 unspecified atom stereocenters. The lowest BCUT2D eigenvalue weighted by atomic mass is 9.52. The molecule has 1 aliphatic heterocycles. The smallest absolute Gasteiger partial charge is 0.00192 e. The van der Waals surface area contributed by atoms with Crippen molar-refractivity contribution in [1.29, 1.82) is 0 Å². The van der Waals surface area contributed by atoms with E-state index in [1.165, 1.54) is 32.6 Å². The van der Waals surface area contributed by atoms with Crippen LogP contribution in [-0.2, 0) is 0 Å². The summed E-state index contributed by atoms with van der Waals surface area (Å²) in [7, 11) is 2.26. The van der Waals surface area contributed by atoms with E-state index >= 15 is 0 Å². The van der Waals surface area contributed by atoms with Crippen LogP contribution in [0, 0.1) is 35.5 Å². The van der Waals surface area contributed by atoms with E-state index in [-0.39, 0.29) is 0 Å². The van der Waals surface area contributed by atoms with Gasteiger partial charge in [0.1, 0.15) is 0 Å². The molecule has 1 N–H and O–H groups in total. The topological polar surface area (TPSA) is 15.3 Å². The molecule has 1 heterocycles. The summed E-state index contributed by atoms with van der Waals surface area (Å²) in [6, 6.07) is 0. The van der Waals surface area contributed by atoms with Crippen molar-refractivity contribution in [3.63, 3.8) is 0 Å². The summed E-state index contributed by atoms with van der Waals surface area (Å²) in [5.74, 6) is 6.39. The number of hydrogen-bond donors (Lipinski definition) is 1. The van der Waals surface area contributed by atoms with Crippen molar-refractivity contribution in [2.45, 2.75) is 38.5 Å². The molecule has 4 aliphatic carbocycles. The SMILES string of the molecule is CN1CCC(CNCC2C3CC4CC(C3)CC2C4)C1. The monoisotopic (exact) mass is 262 g/mol. The molecule has 0 spiro atoms. The molecule has 0 radical (unpaired) electrons. The summed E-state index contributed by atoms with van der Waals surface area (Å²) in [6.07, 6.45) is 9.29. The van der Waals surface area contributed by atoms with Crippen molar-refractivity contribution in [1.82, 2.24) is 10.2 Å². The fourth-order valence-electron chi connectivity index (χ4n) is 6.02. The second kappa shape index (κ2) is 5.04. The van der Waals surface area contributed by atoms with Gasteiger partial charge in [0.05, 0.1) is 0 Å². The van der Waals surface area contributed by atoms with Crippen LogP contribution in [0.5, 0.6) is 0 Å². The van der Waals surface area contributed by atoms with E-state index in [4.69, 9.17) is 0 Å². The fraction of sp³-hybridized carbons (Fsp3) is 1.00. The van der Waals surface area contributed by atoms with Gasteiger partial charge in [0.25, 0.3) is 0 Å². The van der Waals surface area contributed by atoms with Gasteiger partial charge in [-0.25, -0.2) is 0 Å². The van der Waals surface area contributed by atoms with Gasteiger partial charge >= 0.3 is 0 Å². The quantitative estimate of drug-likeness (QED) is 0.838. The van der Waals surface area contributed by atoms with Crippen molar-refractivity contribution < 1.29 is 0 Å². The molecule has 5 fully saturated rings. The molecule has 4 saturated carbocycles. The van der Waals surface area contributed by atoms with E-state index in [1.807, 2.05) is 0 Å². The van der Waals surface area contributed by atoms with Crippen LogP contribution >= 0.6 is 0 Å². The van der Waals surface area contributed by atoms with Gasteiger partial charge in [0.2, 0.25) is 0 Å². The largest absolute Gasteiger partial charge is 0.316 e. The van der Waals surface area contributed by atoms with Crippen LogP contribution in [0.2, 0.25) is 0 Å². The highest BCUT2D eigenvalue weighted by atomic mass is 15.1. The minimum Gasteiger partial charge on any atom is -0.316 e. The fourth-order valence-corrected chi connectivity index (χ4v) is 6.02. The van der Waals surface area contributed by atoms with Gasteiger partial charge in [-0.15, -0.1) is 0 Å². The summed E-state index contributed by atoms with van der Waals surface area (Å²) in [5, 5.41) is 3.85. The number of hydrogen-bond acceptors (Lipinski definition) is 2. The highest BCUT2D eigenvalue weighted by molar-refractivity contribution is 4.98. The number of likely N-dealkylation sites (tertiary alicyclic amines) is 1. The molecule has 1 saturated heterocycles. The van der Waals surface area contributed by atoms with Gasteiger partial charge in [0.15, 0.2) is 0 Å². The molecule has 2 nitrogen and oxygen atoms in total. The Morgan fingerprint density at radius 1 is 0.947 bits per heavy atom. The summed E-state index contributed by atoms with van der Waals surface area (Å²) in [4.78, 5) is 2.48. The number of rotatable bonds is 4. The minimum absolute atomic E-state index is 0.918. The highest BCUT2D eigenvalue weighted by Crippen LogP contribution is 2.56. The Labute approximate surface area is 118 Å². The first-order valence-corrected chi connectivity index (χ1v) is 8.67. The maximum absolute atomic E-state index is 3.85. The zero-order chi connectivity index (χ0) is 12.8. The maximum Gasteiger partial charge on any atom is 0.00192 e. The average Bonchev–Trinajstić information content (AvgIpc) is 2.78. The average molecular weight is 262 g/mol. The van der Waals surface area contributed by atoms with E-state index in [2.05, 4.69) is 17.3 Å². The van der Waals surface area contributed by atoms with Crippen molar-refractivity contribution in [3.8, 4) is 0 Å². The van der Waals surface area contributed by atoms with Crippen LogP contribution in [0.1, 0.15) is 38.5 Å². The number of nitrogens with one attached hydrogen (secondary N) is 1. The molecule has 5 rings (SSSR count). The molecule has 2 heteroatoms. The Kier molecular flexibility index (Phi) is 3.35. The Hall–Kier alpha value is -0.0800. The van der Waals surface area contributed by atoms with E-state index in [0.717, 1.165) is 35.5 Å². The zero-order valence-electron chi connectivity index (χ0n) is 12.5. The maximum atomic E-state index is 3.85. The normalized spacial score (nSPS) is 49.1. The van der Waals surface area contributed by atoms with Crippen LogP contribution in [0.15, 0.2) is 0 Å². The van der Waals surface area contributed by atoms with Gasteiger partial charge in [-0.05, 0) is 101 Å². The van der Waals surface area contributed by atoms with E-state index < -0.39 is 0 Å². The second-order valence-corrected chi connectivity index (χ2v) is 8.17. The summed E-state index contributed by atoms with van der Waals surface area (Å²) >= 11 is 0. The summed E-state index contributed by atoms with van der Waals surface area (Å²) < 4.78 is 0. The molecule has 0 amide bonds.